The second-order valence-electron chi connectivity index (χ2n) is 8.59. The molecule has 0 saturated carbocycles. The molecule has 0 aliphatic carbocycles. The van der Waals surface area contributed by atoms with E-state index in [4.69, 9.17) is 5.10 Å². The predicted octanol–water partition coefficient (Wildman–Crippen LogP) is 4.58. The van der Waals surface area contributed by atoms with Crippen molar-refractivity contribution in [3.05, 3.63) is 65.7 Å². The molecule has 1 aromatic carbocycles. The molecule has 1 saturated heterocycles. The molecule has 5 rings (SSSR count). The fourth-order valence-electron chi connectivity index (χ4n) is 4.66. The van der Waals surface area contributed by atoms with E-state index in [1.165, 1.54) is 11.8 Å². The number of hydrogen-bond acceptors (Lipinski definition) is 6. The Morgan fingerprint density at radius 2 is 1.80 bits per heavy atom. The maximum Gasteiger partial charge on any atom is 0.219 e. The van der Waals surface area contributed by atoms with Gasteiger partial charge in [0, 0.05) is 52.8 Å². The lowest BCUT2D eigenvalue weighted by Crippen LogP contribution is -2.38. The number of amides is 1. The molecule has 0 N–H and O–H groups in total. The Kier molecular flexibility index (Phi) is 6.02. The van der Waals surface area contributed by atoms with E-state index in [1.54, 1.807) is 23.7 Å². The van der Waals surface area contributed by atoms with E-state index in [2.05, 4.69) is 28.8 Å². The topological polar surface area (TPSA) is 103 Å². The maximum absolute atomic E-state index is 11.7. The first-order chi connectivity index (χ1) is 17.0. The van der Waals surface area contributed by atoms with Gasteiger partial charge >= 0.3 is 0 Å². The van der Waals surface area contributed by atoms with Crippen molar-refractivity contribution in [1.29, 1.82) is 10.5 Å². The zero-order chi connectivity index (χ0) is 24.5. The average Bonchev–Trinajstić information content (AvgIpc) is 3.47. The van der Waals surface area contributed by atoms with Gasteiger partial charge in [-0.25, -0.2) is 4.52 Å². The molecule has 1 aliphatic rings. The monoisotopic (exact) mass is 481 g/mol. The first-order valence-corrected chi connectivity index (χ1v) is 12.2. The minimum absolute atomic E-state index is 0.119. The SMILES string of the molecule is CC(=O)N1CCC(n2ncc(-c3cc(Sc4ccccc4C#N)c4c(C#N)cnn4c3)c2C)CC1. The smallest absolute Gasteiger partial charge is 0.219 e. The fraction of sp³-hybridized carbons (Fsp3) is 0.269. The lowest BCUT2D eigenvalue weighted by Gasteiger charge is -2.32. The Balaban J connectivity index is 1.54. The van der Waals surface area contributed by atoms with Crippen LogP contribution in [0.4, 0.5) is 0 Å². The minimum Gasteiger partial charge on any atom is -0.343 e. The average molecular weight is 482 g/mol. The minimum atomic E-state index is 0.119. The molecule has 3 aromatic heterocycles. The van der Waals surface area contributed by atoms with Gasteiger partial charge in [0.2, 0.25) is 5.91 Å². The molecule has 0 atom stereocenters. The van der Waals surface area contributed by atoms with Crippen LogP contribution >= 0.6 is 11.8 Å². The highest BCUT2D eigenvalue weighted by Gasteiger charge is 2.25. The van der Waals surface area contributed by atoms with Gasteiger partial charge in [-0.15, -0.1) is 0 Å². The van der Waals surface area contributed by atoms with Crippen molar-refractivity contribution in [3.63, 3.8) is 0 Å². The molecular weight excluding hydrogens is 458 g/mol. The third-order valence-electron chi connectivity index (χ3n) is 6.54. The summed E-state index contributed by atoms with van der Waals surface area (Å²) in [6, 6.07) is 14.2. The normalized spacial score (nSPS) is 14.1. The second kappa shape index (κ2) is 9.28. The second-order valence-corrected chi connectivity index (χ2v) is 9.68. The van der Waals surface area contributed by atoms with Gasteiger partial charge in [0.15, 0.2) is 0 Å². The van der Waals surface area contributed by atoms with Crippen LogP contribution in [0, 0.1) is 29.6 Å². The first-order valence-electron chi connectivity index (χ1n) is 11.4. The van der Waals surface area contributed by atoms with E-state index >= 15 is 0 Å². The van der Waals surface area contributed by atoms with Crippen LogP contribution in [0.5, 0.6) is 0 Å². The van der Waals surface area contributed by atoms with Crippen molar-refractivity contribution in [1.82, 2.24) is 24.3 Å². The van der Waals surface area contributed by atoms with Gasteiger partial charge < -0.3 is 4.90 Å². The van der Waals surface area contributed by atoms with E-state index in [9.17, 15) is 15.3 Å². The van der Waals surface area contributed by atoms with Crippen LogP contribution in [0.25, 0.3) is 16.6 Å². The van der Waals surface area contributed by atoms with Gasteiger partial charge in [-0.05, 0) is 38.0 Å². The molecule has 35 heavy (non-hydrogen) atoms. The van der Waals surface area contributed by atoms with E-state index in [-0.39, 0.29) is 11.9 Å². The Morgan fingerprint density at radius 1 is 1.06 bits per heavy atom. The number of carbonyl (C=O) groups excluding carboxylic acids is 1. The molecule has 8 nitrogen and oxygen atoms in total. The number of pyridine rings is 1. The highest BCUT2D eigenvalue weighted by atomic mass is 32.2. The number of benzene rings is 1. The summed E-state index contributed by atoms with van der Waals surface area (Å²) in [5.41, 5.74) is 4.76. The maximum atomic E-state index is 11.7. The Labute approximate surface area is 207 Å². The molecule has 0 unspecified atom stereocenters. The molecule has 4 heterocycles. The molecule has 4 aromatic rings. The Hall–Kier alpha value is -4.08. The summed E-state index contributed by atoms with van der Waals surface area (Å²) in [5.74, 6) is 0.119. The highest BCUT2D eigenvalue weighted by Crippen LogP contribution is 2.38. The quantitative estimate of drug-likeness (QED) is 0.423. The van der Waals surface area contributed by atoms with Gasteiger partial charge in [-0.3, -0.25) is 9.48 Å². The van der Waals surface area contributed by atoms with Gasteiger partial charge in [0.05, 0.1) is 35.1 Å². The summed E-state index contributed by atoms with van der Waals surface area (Å²) in [4.78, 5) is 15.2. The van der Waals surface area contributed by atoms with Crippen LogP contribution in [0.15, 0.2) is 58.7 Å². The van der Waals surface area contributed by atoms with E-state index < -0.39 is 0 Å². The molecule has 1 fully saturated rings. The van der Waals surface area contributed by atoms with Gasteiger partial charge in [-0.2, -0.15) is 20.7 Å². The van der Waals surface area contributed by atoms with E-state index in [0.29, 0.717) is 11.1 Å². The van der Waals surface area contributed by atoms with E-state index in [1.807, 2.05) is 41.6 Å². The number of nitriles is 2. The number of carbonyl (C=O) groups is 1. The number of likely N-dealkylation sites (tertiary alicyclic amines) is 1. The summed E-state index contributed by atoms with van der Waals surface area (Å²) in [6.45, 7) is 5.16. The van der Waals surface area contributed by atoms with Crippen molar-refractivity contribution < 1.29 is 4.79 Å². The summed E-state index contributed by atoms with van der Waals surface area (Å²) < 4.78 is 3.80. The number of fused-ring (bicyclic) bond motifs is 1. The van der Waals surface area contributed by atoms with Crippen LogP contribution in [0.2, 0.25) is 0 Å². The standard InChI is InChI=1S/C26H23N7OS/c1-17-23(15-30-33(17)22-7-9-31(10-8-22)18(2)34)20-11-25(26-21(13-28)14-29-32(26)16-20)35-24-6-4-3-5-19(24)12-27/h3-6,11,14-16,22H,7-10H2,1-2H3. The van der Waals surface area contributed by atoms with Gasteiger partial charge in [0.25, 0.3) is 0 Å². The fourth-order valence-corrected chi connectivity index (χ4v) is 5.75. The lowest BCUT2D eigenvalue weighted by atomic mass is 10.0. The summed E-state index contributed by atoms with van der Waals surface area (Å²) in [5, 5.41) is 28.3. The number of hydrogen-bond donors (Lipinski definition) is 0. The summed E-state index contributed by atoms with van der Waals surface area (Å²) >= 11 is 1.46. The molecule has 0 bridgehead atoms. The zero-order valence-electron chi connectivity index (χ0n) is 19.5. The number of aromatic nitrogens is 4. The molecule has 174 valence electrons. The van der Waals surface area contributed by atoms with Gasteiger partial charge in [0.1, 0.15) is 12.1 Å². The van der Waals surface area contributed by atoms with Crippen LogP contribution < -0.4 is 0 Å². The third kappa shape index (κ3) is 4.16. The lowest BCUT2D eigenvalue weighted by molar-refractivity contribution is -0.130. The van der Waals surface area contributed by atoms with Crippen LogP contribution in [0.3, 0.4) is 0 Å². The van der Waals surface area contributed by atoms with E-state index in [0.717, 1.165) is 58.1 Å². The molecule has 1 aliphatic heterocycles. The molecule has 0 radical (unpaired) electrons. The first kappa shape index (κ1) is 22.7. The molecule has 0 spiro atoms. The summed E-state index contributed by atoms with van der Waals surface area (Å²) in [7, 11) is 0. The molecule has 1 amide bonds. The number of rotatable bonds is 4. The van der Waals surface area contributed by atoms with Crippen molar-refractivity contribution in [2.75, 3.05) is 13.1 Å². The predicted molar refractivity (Wildman–Crippen MR) is 132 cm³/mol. The largest absolute Gasteiger partial charge is 0.343 e. The van der Waals surface area contributed by atoms with Crippen molar-refractivity contribution in [2.45, 2.75) is 42.5 Å². The molecular formula is C26H23N7OS. The Morgan fingerprint density at radius 3 is 2.51 bits per heavy atom. The van der Waals surface area contributed by atoms with Crippen LogP contribution in [0.1, 0.15) is 42.6 Å². The summed E-state index contributed by atoms with van der Waals surface area (Å²) in [6.07, 6.45) is 7.11. The van der Waals surface area contributed by atoms with Crippen molar-refractivity contribution in [2.24, 2.45) is 0 Å². The zero-order valence-corrected chi connectivity index (χ0v) is 20.3. The third-order valence-corrected chi connectivity index (χ3v) is 7.64. The number of nitrogens with zero attached hydrogens (tertiary/aromatic N) is 7. The van der Waals surface area contributed by atoms with Crippen molar-refractivity contribution in [3.8, 4) is 23.3 Å². The highest BCUT2D eigenvalue weighted by molar-refractivity contribution is 7.99. The Bertz CT molecular complexity index is 1510. The van der Waals surface area contributed by atoms with Gasteiger partial charge in [-0.1, -0.05) is 23.9 Å². The number of piperidine rings is 1. The van der Waals surface area contributed by atoms with Crippen molar-refractivity contribution >= 4 is 23.2 Å². The van der Waals surface area contributed by atoms with Crippen LogP contribution in [-0.2, 0) is 4.79 Å². The molecule has 9 heteroatoms. The van der Waals surface area contributed by atoms with Crippen LogP contribution in [-0.4, -0.2) is 43.3 Å².